The van der Waals surface area contributed by atoms with E-state index in [4.69, 9.17) is 4.74 Å². The van der Waals surface area contributed by atoms with E-state index in [2.05, 4.69) is 15.0 Å². The lowest BCUT2D eigenvalue weighted by Crippen LogP contribution is -2.27. The Hall–Kier alpha value is -3.05. The van der Waals surface area contributed by atoms with E-state index in [-0.39, 0.29) is 36.3 Å². The Kier molecular flexibility index (Phi) is 7.53. The molecule has 0 saturated heterocycles. The first-order valence-electron chi connectivity index (χ1n) is 9.00. The van der Waals surface area contributed by atoms with Crippen molar-refractivity contribution >= 4 is 39.6 Å². The number of ether oxygens (including phenoxy) is 2. The van der Waals surface area contributed by atoms with Gasteiger partial charge in [0.2, 0.25) is 5.91 Å². The molecular formula is C20H19F2N3O4S2. The summed E-state index contributed by atoms with van der Waals surface area (Å²) < 4.78 is 34.7. The van der Waals surface area contributed by atoms with Gasteiger partial charge in [-0.05, 0) is 29.1 Å². The van der Waals surface area contributed by atoms with Crippen molar-refractivity contribution < 1.29 is 27.8 Å². The fourth-order valence-electron chi connectivity index (χ4n) is 2.67. The van der Waals surface area contributed by atoms with Gasteiger partial charge in [0.1, 0.15) is 0 Å². The second-order valence-corrected chi connectivity index (χ2v) is 8.17. The van der Waals surface area contributed by atoms with Crippen LogP contribution < -0.4 is 14.8 Å². The number of likely N-dealkylation sites (N-methyl/N-ethyl adjacent to an activating group) is 1. The lowest BCUT2D eigenvalue weighted by Gasteiger charge is -2.18. The smallest absolute Gasteiger partial charge is 0.387 e. The molecule has 164 valence electrons. The Morgan fingerprint density at radius 1 is 1.23 bits per heavy atom. The van der Waals surface area contributed by atoms with Crippen molar-refractivity contribution in [3.8, 4) is 11.5 Å². The molecule has 0 unspecified atom stereocenters. The molecule has 0 aliphatic heterocycles. The SMILES string of the molecule is COc1ccc(CN(C)C(=O)Cc2csc(NC(=O)c3cccs3)n2)cc1OC(F)F. The topological polar surface area (TPSA) is 80.8 Å². The minimum Gasteiger partial charge on any atom is -0.493 e. The number of anilines is 1. The second kappa shape index (κ2) is 10.3. The number of carbonyl (C=O) groups is 2. The first-order chi connectivity index (χ1) is 14.9. The maximum Gasteiger partial charge on any atom is 0.387 e. The highest BCUT2D eigenvalue weighted by Gasteiger charge is 2.16. The summed E-state index contributed by atoms with van der Waals surface area (Å²) in [5, 5.41) is 6.63. The summed E-state index contributed by atoms with van der Waals surface area (Å²) in [6.07, 6.45) is 0.0401. The number of benzene rings is 1. The number of hydrogen-bond acceptors (Lipinski definition) is 7. The Bertz CT molecular complexity index is 1040. The standard InChI is InChI=1S/C20H19F2N3O4S2/c1-25(10-12-5-6-14(28-2)15(8-12)29-19(21)22)17(26)9-13-11-31-20(23-13)24-18(27)16-4-3-7-30-16/h3-8,11,19H,9-10H2,1-2H3,(H,23,24,27). The van der Waals surface area contributed by atoms with Gasteiger partial charge in [-0.3, -0.25) is 14.9 Å². The predicted molar refractivity (Wildman–Crippen MR) is 114 cm³/mol. The summed E-state index contributed by atoms with van der Waals surface area (Å²) in [5.41, 5.74) is 1.13. The molecule has 0 bridgehead atoms. The van der Waals surface area contributed by atoms with Gasteiger partial charge >= 0.3 is 6.61 Å². The van der Waals surface area contributed by atoms with E-state index >= 15 is 0 Å². The van der Waals surface area contributed by atoms with Crippen LogP contribution >= 0.6 is 22.7 Å². The van der Waals surface area contributed by atoms with Crippen LogP contribution in [0.1, 0.15) is 20.9 Å². The van der Waals surface area contributed by atoms with E-state index in [0.29, 0.717) is 21.3 Å². The molecule has 1 N–H and O–H groups in total. The molecule has 0 spiro atoms. The van der Waals surface area contributed by atoms with Crippen molar-refractivity contribution in [2.45, 2.75) is 19.6 Å². The van der Waals surface area contributed by atoms with Gasteiger partial charge in [-0.25, -0.2) is 4.98 Å². The molecular weight excluding hydrogens is 448 g/mol. The normalized spacial score (nSPS) is 10.7. The molecule has 2 aromatic heterocycles. The number of alkyl halides is 2. The van der Waals surface area contributed by atoms with Crippen LogP contribution in [0.4, 0.5) is 13.9 Å². The Morgan fingerprint density at radius 2 is 2.03 bits per heavy atom. The third-order valence-corrected chi connectivity index (χ3v) is 5.81. The van der Waals surface area contributed by atoms with Gasteiger partial charge in [0.15, 0.2) is 16.6 Å². The molecule has 0 fully saturated rings. The Labute approximate surface area is 185 Å². The molecule has 0 atom stereocenters. The summed E-state index contributed by atoms with van der Waals surface area (Å²) in [5.74, 6) is -0.381. The van der Waals surface area contributed by atoms with E-state index in [9.17, 15) is 18.4 Å². The molecule has 7 nitrogen and oxygen atoms in total. The zero-order valence-electron chi connectivity index (χ0n) is 16.6. The number of nitrogens with zero attached hydrogens (tertiary/aromatic N) is 2. The van der Waals surface area contributed by atoms with Crippen LogP contribution in [0.15, 0.2) is 41.1 Å². The monoisotopic (exact) mass is 467 g/mol. The van der Waals surface area contributed by atoms with Crippen molar-refractivity contribution in [1.82, 2.24) is 9.88 Å². The molecule has 0 saturated carbocycles. The molecule has 0 aliphatic carbocycles. The van der Waals surface area contributed by atoms with Crippen LogP contribution in [-0.2, 0) is 17.8 Å². The van der Waals surface area contributed by atoms with Gasteiger partial charge < -0.3 is 14.4 Å². The molecule has 2 heterocycles. The molecule has 3 rings (SSSR count). The van der Waals surface area contributed by atoms with Gasteiger partial charge in [-0.15, -0.1) is 22.7 Å². The van der Waals surface area contributed by atoms with Crippen molar-refractivity contribution in [2.75, 3.05) is 19.5 Å². The van der Waals surface area contributed by atoms with Crippen LogP contribution in [0.5, 0.6) is 11.5 Å². The molecule has 2 amide bonds. The summed E-state index contributed by atoms with van der Waals surface area (Å²) in [7, 11) is 2.96. The fourth-order valence-corrected chi connectivity index (χ4v) is 4.00. The zero-order valence-corrected chi connectivity index (χ0v) is 18.3. The number of rotatable bonds is 9. The second-order valence-electron chi connectivity index (χ2n) is 6.37. The zero-order chi connectivity index (χ0) is 22.4. The maximum atomic E-state index is 12.6. The van der Waals surface area contributed by atoms with Gasteiger partial charge in [-0.2, -0.15) is 8.78 Å². The van der Waals surface area contributed by atoms with Crippen LogP contribution in [0.2, 0.25) is 0 Å². The van der Waals surface area contributed by atoms with Crippen molar-refractivity contribution in [1.29, 1.82) is 0 Å². The van der Waals surface area contributed by atoms with Crippen molar-refractivity contribution in [3.63, 3.8) is 0 Å². The molecule has 0 aliphatic rings. The lowest BCUT2D eigenvalue weighted by atomic mass is 10.2. The van der Waals surface area contributed by atoms with Gasteiger partial charge in [0.25, 0.3) is 5.91 Å². The largest absolute Gasteiger partial charge is 0.493 e. The Balaban J connectivity index is 1.58. The molecule has 0 radical (unpaired) electrons. The van der Waals surface area contributed by atoms with E-state index in [1.54, 1.807) is 30.6 Å². The number of thiazole rings is 1. The van der Waals surface area contributed by atoms with Crippen LogP contribution in [0.3, 0.4) is 0 Å². The van der Waals surface area contributed by atoms with Crippen molar-refractivity contribution in [2.24, 2.45) is 0 Å². The summed E-state index contributed by atoms with van der Waals surface area (Å²) in [4.78, 5) is 30.9. The fraction of sp³-hybridized carbons (Fsp3) is 0.250. The highest BCUT2D eigenvalue weighted by molar-refractivity contribution is 7.14. The van der Waals surface area contributed by atoms with Crippen molar-refractivity contribution in [3.05, 3.63) is 57.2 Å². The highest BCUT2D eigenvalue weighted by atomic mass is 32.1. The van der Waals surface area contributed by atoms with Crippen LogP contribution in [-0.4, -0.2) is 42.5 Å². The number of thiophene rings is 1. The quantitative estimate of drug-likeness (QED) is 0.508. The summed E-state index contributed by atoms with van der Waals surface area (Å²) in [6.45, 7) is -2.79. The van der Waals surface area contributed by atoms with Gasteiger partial charge in [0, 0.05) is 19.0 Å². The average Bonchev–Trinajstić information content (AvgIpc) is 3.40. The molecule has 11 heteroatoms. The van der Waals surface area contributed by atoms with E-state index < -0.39 is 6.61 Å². The van der Waals surface area contributed by atoms with Crippen LogP contribution in [0.25, 0.3) is 0 Å². The number of nitrogens with one attached hydrogen (secondary N) is 1. The number of carbonyl (C=O) groups excluding carboxylic acids is 2. The maximum absolute atomic E-state index is 12.6. The number of amides is 2. The van der Waals surface area contributed by atoms with E-state index in [0.717, 1.165) is 0 Å². The van der Waals surface area contributed by atoms with Crippen LogP contribution in [0, 0.1) is 0 Å². The predicted octanol–water partition coefficient (Wildman–Crippen LogP) is 4.27. The molecule has 1 aromatic carbocycles. The minimum absolute atomic E-state index is 0.0401. The number of halogens is 2. The number of methoxy groups -OCH3 is 1. The average molecular weight is 468 g/mol. The highest BCUT2D eigenvalue weighted by Crippen LogP contribution is 2.30. The Morgan fingerprint density at radius 3 is 2.71 bits per heavy atom. The third-order valence-electron chi connectivity index (χ3n) is 4.14. The van der Waals surface area contributed by atoms with E-state index in [1.807, 2.05) is 5.38 Å². The first kappa shape index (κ1) is 22.6. The summed E-state index contributed by atoms with van der Waals surface area (Å²) >= 11 is 2.56. The third kappa shape index (κ3) is 6.22. The van der Waals surface area contributed by atoms with E-state index in [1.165, 1.54) is 46.8 Å². The lowest BCUT2D eigenvalue weighted by molar-refractivity contribution is -0.129. The van der Waals surface area contributed by atoms with Gasteiger partial charge in [-0.1, -0.05) is 12.1 Å². The number of hydrogen-bond donors (Lipinski definition) is 1. The molecule has 31 heavy (non-hydrogen) atoms. The van der Waals surface area contributed by atoms with Gasteiger partial charge in [0.05, 0.1) is 24.1 Å². The minimum atomic E-state index is -2.98. The first-order valence-corrected chi connectivity index (χ1v) is 10.8. The summed E-state index contributed by atoms with van der Waals surface area (Å²) in [6, 6.07) is 8.09. The number of aromatic nitrogens is 1. The molecule has 3 aromatic rings.